The van der Waals surface area contributed by atoms with E-state index in [9.17, 15) is 4.79 Å². The van der Waals surface area contributed by atoms with Gasteiger partial charge in [0.15, 0.2) is 0 Å². The van der Waals surface area contributed by atoms with Crippen molar-refractivity contribution in [2.75, 3.05) is 6.54 Å². The predicted molar refractivity (Wildman–Crippen MR) is 105 cm³/mol. The van der Waals surface area contributed by atoms with Crippen molar-refractivity contribution in [3.05, 3.63) is 53.2 Å². The highest BCUT2D eigenvalue weighted by molar-refractivity contribution is 7.14. The van der Waals surface area contributed by atoms with Crippen molar-refractivity contribution in [2.45, 2.75) is 26.4 Å². The number of nitrogens with zero attached hydrogens (tertiary/aromatic N) is 7. The lowest BCUT2D eigenvalue weighted by atomic mass is 10.1. The molecule has 1 amide bonds. The van der Waals surface area contributed by atoms with Gasteiger partial charge in [0.05, 0.1) is 24.2 Å². The van der Waals surface area contributed by atoms with Crippen LogP contribution >= 0.6 is 11.3 Å². The maximum absolute atomic E-state index is 12.7. The van der Waals surface area contributed by atoms with Gasteiger partial charge in [-0.05, 0) is 31.2 Å². The molecular weight excluding hydrogens is 374 g/mol. The molecule has 1 aliphatic rings. The van der Waals surface area contributed by atoms with Crippen LogP contribution in [0.2, 0.25) is 0 Å². The molecule has 4 heterocycles. The van der Waals surface area contributed by atoms with Crippen molar-refractivity contribution in [3.8, 4) is 10.6 Å². The van der Waals surface area contributed by atoms with Gasteiger partial charge in [0.1, 0.15) is 15.8 Å². The number of hydrogen-bond donors (Lipinski definition) is 0. The summed E-state index contributed by atoms with van der Waals surface area (Å²) in [5.74, 6) is 0.958. The smallest absolute Gasteiger partial charge is 0.229 e. The highest BCUT2D eigenvalue weighted by Gasteiger charge is 2.21. The zero-order chi connectivity index (χ0) is 19.1. The summed E-state index contributed by atoms with van der Waals surface area (Å²) in [5, 5.41) is 19.5. The standard InChI is InChI=1S/C19H17N7OS/c1-12-21-24-19(28-12)13-2-3-16-14(8-13)9-15(22-23-16)10-18(27)26-7-6-25-5-4-20-17(25)11-26/h2-5,8-9H,6-7,10-11H2,1H3. The Bertz CT molecular complexity index is 1180. The van der Waals surface area contributed by atoms with Crippen LogP contribution in [0.3, 0.4) is 0 Å². The summed E-state index contributed by atoms with van der Waals surface area (Å²) in [6.45, 7) is 3.93. The van der Waals surface area contributed by atoms with Crippen LogP contribution in [-0.4, -0.2) is 47.3 Å². The second-order valence-electron chi connectivity index (χ2n) is 6.76. The molecule has 0 spiro atoms. The molecular formula is C19H17N7OS. The number of amides is 1. The Kier molecular flexibility index (Phi) is 4.09. The van der Waals surface area contributed by atoms with E-state index < -0.39 is 0 Å². The second kappa shape index (κ2) is 6.75. The second-order valence-corrected chi connectivity index (χ2v) is 7.95. The van der Waals surface area contributed by atoms with Gasteiger partial charge in [-0.25, -0.2) is 4.98 Å². The molecule has 0 aliphatic carbocycles. The van der Waals surface area contributed by atoms with Crippen molar-refractivity contribution in [3.63, 3.8) is 0 Å². The molecule has 0 N–H and O–H groups in total. The van der Waals surface area contributed by atoms with E-state index in [1.807, 2.05) is 42.3 Å². The molecule has 9 heteroatoms. The van der Waals surface area contributed by atoms with E-state index in [0.29, 0.717) is 18.8 Å². The van der Waals surface area contributed by atoms with E-state index >= 15 is 0 Å². The topological polar surface area (TPSA) is 89.7 Å². The Balaban J connectivity index is 1.38. The van der Waals surface area contributed by atoms with Gasteiger partial charge >= 0.3 is 0 Å². The Labute approximate surface area is 164 Å². The summed E-state index contributed by atoms with van der Waals surface area (Å²) in [6, 6.07) is 7.85. The lowest BCUT2D eigenvalue weighted by Gasteiger charge is -2.27. The van der Waals surface area contributed by atoms with Gasteiger partial charge in [-0.15, -0.1) is 10.2 Å². The SMILES string of the molecule is Cc1nnc(-c2ccc3nnc(CC(=O)N4CCn5ccnc5C4)cc3c2)s1. The summed E-state index contributed by atoms with van der Waals surface area (Å²) in [6.07, 6.45) is 3.95. The molecule has 0 unspecified atom stereocenters. The fourth-order valence-electron chi connectivity index (χ4n) is 3.37. The first-order chi connectivity index (χ1) is 13.7. The highest BCUT2D eigenvalue weighted by atomic mass is 32.1. The Hall–Kier alpha value is -3.20. The fraction of sp³-hybridized carbons (Fsp3) is 0.263. The van der Waals surface area contributed by atoms with E-state index in [2.05, 4.69) is 29.9 Å². The fourth-order valence-corrected chi connectivity index (χ4v) is 4.06. The van der Waals surface area contributed by atoms with Gasteiger partial charge in [0, 0.05) is 36.4 Å². The number of hydrogen-bond acceptors (Lipinski definition) is 7. The van der Waals surface area contributed by atoms with Crippen LogP contribution in [0.25, 0.3) is 21.5 Å². The summed E-state index contributed by atoms with van der Waals surface area (Å²) >= 11 is 1.55. The average molecular weight is 391 g/mol. The van der Waals surface area contributed by atoms with Gasteiger partial charge in [-0.2, -0.15) is 10.2 Å². The first-order valence-corrected chi connectivity index (χ1v) is 9.82. The Morgan fingerprint density at radius 1 is 1.14 bits per heavy atom. The summed E-state index contributed by atoms with van der Waals surface area (Å²) in [4.78, 5) is 18.9. The van der Waals surface area contributed by atoms with Gasteiger partial charge in [0.2, 0.25) is 5.91 Å². The van der Waals surface area contributed by atoms with Crippen LogP contribution in [0.15, 0.2) is 36.7 Å². The summed E-state index contributed by atoms with van der Waals surface area (Å²) in [7, 11) is 0. The van der Waals surface area contributed by atoms with Crippen molar-refractivity contribution < 1.29 is 4.79 Å². The number of aromatic nitrogens is 6. The summed E-state index contributed by atoms with van der Waals surface area (Å²) < 4.78 is 2.08. The largest absolute Gasteiger partial charge is 0.333 e. The molecule has 8 nitrogen and oxygen atoms in total. The number of aryl methyl sites for hydroxylation is 1. The van der Waals surface area contributed by atoms with Crippen molar-refractivity contribution in [1.82, 2.24) is 34.8 Å². The minimum absolute atomic E-state index is 0.0406. The number of imidazole rings is 1. The van der Waals surface area contributed by atoms with Gasteiger partial charge < -0.3 is 9.47 Å². The molecule has 0 saturated heterocycles. The molecule has 0 bridgehead atoms. The molecule has 28 heavy (non-hydrogen) atoms. The van der Waals surface area contributed by atoms with Gasteiger partial charge in [-0.1, -0.05) is 11.3 Å². The Morgan fingerprint density at radius 3 is 2.93 bits per heavy atom. The number of carbonyl (C=O) groups is 1. The molecule has 0 radical (unpaired) electrons. The van der Waals surface area contributed by atoms with Crippen LogP contribution in [-0.2, 0) is 24.3 Å². The zero-order valence-corrected chi connectivity index (χ0v) is 16.1. The maximum Gasteiger partial charge on any atom is 0.229 e. The van der Waals surface area contributed by atoms with Crippen LogP contribution in [0.1, 0.15) is 16.5 Å². The number of rotatable bonds is 3. The molecule has 4 aromatic rings. The van der Waals surface area contributed by atoms with Crippen molar-refractivity contribution >= 4 is 28.1 Å². The van der Waals surface area contributed by atoms with E-state index in [1.165, 1.54) is 0 Å². The number of fused-ring (bicyclic) bond motifs is 2. The average Bonchev–Trinajstić information content (AvgIpc) is 3.35. The summed E-state index contributed by atoms with van der Waals surface area (Å²) in [5.41, 5.74) is 2.45. The van der Waals surface area contributed by atoms with Crippen LogP contribution in [0, 0.1) is 6.92 Å². The molecule has 140 valence electrons. The molecule has 5 rings (SSSR count). The minimum atomic E-state index is 0.0406. The maximum atomic E-state index is 12.7. The monoisotopic (exact) mass is 391 g/mol. The van der Waals surface area contributed by atoms with E-state index in [0.717, 1.165) is 38.9 Å². The predicted octanol–water partition coefficient (Wildman–Crippen LogP) is 2.24. The normalized spacial score (nSPS) is 13.7. The minimum Gasteiger partial charge on any atom is -0.333 e. The quantitative estimate of drug-likeness (QED) is 0.532. The van der Waals surface area contributed by atoms with E-state index in [4.69, 9.17) is 0 Å². The van der Waals surface area contributed by atoms with Crippen molar-refractivity contribution in [2.24, 2.45) is 0 Å². The molecule has 1 aliphatic heterocycles. The van der Waals surface area contributed by atoms with Crippen LogP contribution in [0.5, 0.6) is 0 Å². The highest BCUT2D eigenvalue weighted by Crippen LogP contribution is 2.26. The van der Waals surface area contributed by atoms with E-state index in [1.54, 1.807) is 17.5 Å². The Morgan fingerprint density at radius 2 is 2.07 bits per heavy atom. The molecule has 1 aromatic carbocycles. The third kappa shape index (κ3) is 3.13. The zero-order valence-electron chi connectivity index (χ0n) is 15.2. The third-order valence-corrected chi connectivity index (χ3v) is 5.73. The lowest BCUT2D eigenvalue weighted by Crippen LogP contribution is -2.39. The number of benzene rings is 1. The third-order valence-electron chi connectivity index (χ3n) is 4.84. The van der Waals surface area contributed by atoms with E-state index in [-0.39, 0.29) is 12.3 Å². The van der Waals surface area contributed by atoms with Crippen LogP contribution in [0.4, 0.5) is 0 Å². The first-order valence-electron chi connectivity index (χ1n) is 9.00. The first kappa shape index (κ1) is 16.9. The number of carbonyl (C=O) groups excluding carboxylic acids is 1. The van der Waals surface area contributed by atoms with Crippen LogP contribution < -0.4 is 0 Å². The van der Waals surface area contributed by atoms with Crippen molar-refractivity contribution in [1.29, 1.82) is 0 Å². The molecule has 3 aromatic heterocycles. The lowest BCUT2D eigenvalue weighted by molar-refractivity contribution is -0.132. The molecule has 0 saturated carbocycles. The van der Waals surface area contributed by atoms with Gasteiger partial charge in [0.25, 0.3) is 0 Å². The van der Waals surface area contributed by atoms with Gasteiger partial charge in [-0.3, -0.25) is 4.79 Å². The molecule has 0 fully saturated rings. The molecule has 0 atom stereocenters.